The predicted octanol–water partition coefficient (Wildman–Crippen LogP) is 2.10. The maximum absolute atomic E-state index is 12.2. The fourth-order valence-corrected chi connectivity index (χ4v) is 4.14. The second-order valence-corrected chi connectivity index (χ2v) is 7.94. The van der Waals surface area contributed by atoms with Crippen LogP contribution in [0.2, 0.25) is 5.02 Å². The molecule has 1 aliphatic heterocycles. The van der Waals surface area contributed by atoms with Crippen molar-refractivity contribution in [2.45, 2.75) is 17.9 Å². The molecule has 0 atom stereocenters. The largest absolute Gasteiger partial charge is 0.486 e. The zero-order valence-electron chi connectivity index (χ0n) is 14.4. The molecule has 1 heterocycles. The molecule has 2 aromatic carbocycles. The maximum Gasteiger partial charge on any atom is 0.242 e. The van der Waals surface area contributed by atoms with Gasteiger partial charge >= 0.3 is 0 Å². The third kappa shape index (κ3) is 4.91. The Balaban J connectivity index is 1.50. The third-order valence-corrected chi connectivity index (χ3v) is 5.85. The first kappa shape index (κ1) is 19.5. The van der Waals surface area contributed by atoms with Crippen molar-refractivity contribution >= 4 is 27.5 Å². The van der Waals surface area contributed by atoms with Gasteiger partial charge in [-0.05, 0) is 18.2 Å². The fourth-order valence-electron chi connectivity index (χ4n) is 2.59. The van der Waals surface area contributed by atoms with Gasteiger partial charge in [0.2, 0.25) is 15.9 Å². The first-order valence-electron chi connectivity index (χ1n) is 8.36. The Morgan fingerprint density at radius 2 is 1.85 bits per heavy atom. The molecule has 7 nitrogen and oxygen atoms in total. The van der Waals surface area contributed by atoms with Crippen LogP contribution in [0.15, 0.2) is 47.4 Å². The van der Waals surface area contributed by atoms with Gasteiger partial charge in [0.1, 0.15) is 18.1 Å². The van der Waals surface area contributed by atoms with Crippen LogP contribution in [0.1, 0.15) is 12.0 Å². The number of nitrogens with one attached hydrogen (secondary N) is 2. The highest BCUT2D eigenvalue weighted by molar-refractivity contribution is 7.89. The van der Waals surface area contributed by atoms with E-state index in [-0.39, 0.29) is 35.3 Å². The van der Waals surface area contributed by atoms with Crippen LogP contribution in [0.3, 0.4) is 0 Å². The van der Waals surface area contributed by atoms with Gasteiger partial charge in [-0.1, -0.05) is 35.9 Å². The molecule has 0 saturated heterocycles. The number of amides is 1. The van der Waals surface area contributed by atoms with E-state index in [9.17, 15) is 13.2 Å². The summed E-state index contributed by atoms with van der Waals surface area (Å²) < 4.78 is 37.9. The summed E-state index contributed by atoms with van der Waals surface area (Å²) >= 11 is 5.91. The van der Waals surface area contributed by atoms with Gasteiger partial charge in [0, 0.05) is 25.1 Å². The van der Waals surface area contributed by atoms with Gasteiger partial charge in [0.15, 0.2) is 11.5 Å². The van der Waals surface area contributed by atoms with Gasteiger partial charge < -0.3 is 14.8 Å². The lowest BCUT2D eigenvalue weighted by molar-refractivity contribution is -0.121. The molecule has 0 aromatic heterocycles. The Morgan fingerprint density at radius 1 is 1.07 bits per heavy atom. The molecule has 3 rings (SSSR count). The van der Waals surface area contributed by atoms with Crippen LogP contribution in [0, 0.1) is 0 Å². The number of ether oxygens (including phenoxy) is 2. The number of carbonyl (C=O) groups is 1. The average Bonchev–Trinajstić information content (AvgIpc) is 2.66. The van der Waals surface area contributed by atoms with Crippen molar-refractivity contribution in [3.63, 3.8) is 0 Å². The lowest BCUT2D eigenvalue weighted by Gasteiger charge is -2.21. The minimum absolute atomic E-state index is 0.00390. The minimum atomic E-state index is -3.76. The van der Waals surface area contributed by atoms with Crippen LogP contribution in [0.4, 0.5) is 0 Å². The number of fused-ring (bicyclic) bond motifs is 1. The molecule has 27 heavy (non-hydrogen) atoms. The average molecular weight is 411 g/mol. The molecule has 2 aromatic rings. The van der Waals surface area contributed by atoms with Gasteiger partial charge in [-0.3, -0.25) is 4.79 Å². The van der Waals surface area contributed by atoms with Crippen molar-refractivity contribution < 1.29 is 22.7 Å². The molecule has 0 fully saturated rings. The molecule has 2 N–H and O–H groups in total. The van der Waals surface area contributed by atoms with Crippen molar-refractivity contribution in [2.75, 3.05) is 19.8 Å². The quantitative estimate of drug-likeness (QED) is 0.729. The molecule has 0 radical (unpaired) electrons. The second-order valence-electron chi connectivity index (χ2n) is 5.80. The first-order chi connectivity index (χ1) is 13.0. The number of carbonyl (C=O) groups excluding carboxylic acids is 1. The van der Waals surface area contributed by atoms with Crippen molar-refractivity contribution in [1.29, 1.82) is 0 Å². The molecule has 144 valence electrons. The van der Waals surface area contributed by atoms with Crippen molar-refractivity contribution in [3.8, 4) is 11.5 Å². The Hall–Kier alpha value is -2.29. The zero-order valence-corrected chi connectivity index (χ0v) is 16.0. The molecule has 1 aliphatic rings. The molecule has 0 saturated carbocycles. The topological polar surface area (TPSA) is 93.7 Å². The van der Waals surface area contributed by atoms with Crippen LogP contribution in [-0.4, -0.2) is 34.1 Å². The van der Waals surface area contributed by atoms with E-state index < -0.39 is 10.0 Å². The smallest absolute Gasteiger partial charge is 0.242 e. The van der Waals surface area contributed by atoms with Gasteiger partial charge in [-0.15, -0.1) is 0 Å². The fraction of sp³-hybridized carbons (Fsp3) is 0.278. The summed E-state index contributed by atoms with van der Waals surface area (Å²) in [5, 5.41) is 2.88. The number of hydrogen-bond donors (Lipinski definition) is 2. The summed E-state index contributed by atoms with van der Waals surface area (Å²) in [4.78, 5) is 12.0. The second kappa shape index (κ2) is 8.60. The number of halogens is 1. The summed E-state index contributed by atoms with van der Waals surface area (Å²) in [6.07, 6.45) is -0.00390. The summed E-state index contributed by atoms with van der Waals surface area (Å²) in [7, 11) is -3.76. The summed E-state index contributed by atoms with van der Waals surface area (Å²) in [5.41, 5.74) is 0.803. The van der Waals surface area contributed by atoms with Crippen LogP contribution >= 0.6 is 11.6 Å². The Kier molecular flexibility index (Phi) is 6.20. The highest BCUT2D eigenvalue weighted by Gasteiger charge is 2.18. The molecule has 9 heteroatoms. The van der Waals surface area contributed by atoms with E-state index >= 15 is 0 Å². The first-order valence-corrected chi connectivity index (χ1v) is 10.2. The third-order valence-electron chi connectivity index (χ3n) is 3.89. The van der Waals surface area contributed by atoms with E-state index in [1.165, 1.54) is 12.1 Å². The number of rotatable bonds is 7. The number of benzene rings is 2. The SMILES string of the molecule is O=C(CCNS(=O)(=O)c1ccccc1Cl)NCc1cccc2c1OCCO2. The van der Waals surface area contributed by atoms with Crippen molar-refractivity contribution in [1.82, 2.24) is 10.0 Å². The van der Waals surface area contributed by atoms with Crippen molar-refractivity contribution in [2.24, 2.45) is 0 Å². The Bertz CT molecular complexity index is 933. The number of para-hydroxylation sites is 1. The van der Waals surface area contributed by atoms with Crippen LogP contribution in [0.25, 0.3) is 0 Å². The van der Waals surface area contributed by atoms with Gasteiger partial charge in [-0.2, -0.15) is 0 Å². The summed E-state index contributed by atoms with van der Waals surface area (Å²) in [6, 6.07) is 11.6. The highest BCUT2D eigenvalue weighted by Crippen LogP contribution is 2.33. The lowest BCUT2D eigenvalue weighted by Crippen LogP contribution is -2.31. The van der Waals surface area contributed by atoms with E-state index in [4.69, 9.17) is 21.1 Å². The lowest BCUT2D eigenvalue weighted by atomic mass is 10.1. The minimum Gasteiger partial charge on any atom is -0.486 e. The summed E-state index contributed by atoms with van der Waals surface area (Å²) in [5.74, 6) is 0.996. The van der Waals surface area contributed by atoms with Gasteiger partial charge in [-0.25, -0.2) is 13.1 Å². The van der Waals surface area contributed by atoms with E-state index in [2.05, 4.69) is 10.0 Å². The van der Waals surface area contributed by atoms with Crippen LogP contribution in [0.5, 0.6) is 11.5 Å². The van der Waals surface area contributed by atoms with E-state index in [0.717, 1.165) is 5.56 Å². The monoisotopic (exact) mass is 410 g/mol. The molecule has 1 amide bonds. The number of hydrogen-bond acceptors (Lipinski definition) is 5. The normalized spacial score (nSPS) is 13.2. The van der Waals surface area contributed by atoms with Crippen LogP contribution < -0.4 is 19.5 Å². The molecule has 0 aliphatic carbocycles. The molecule has 0 unspecified atom stereocenters. The summed E-state index contributed by atoms with van der Waals surface area (Å²) in [6.45, 7) is 1.19. The molecule has 0 spiro atoms. The molecule has 0 bridgehead atoms. The van der Waals surface area contributed by atoms with Gasteiger partial charge in [0.25, 0.3) is 0 Å². The Morgan fingerprint density at radius 3 is 2.67 bits per heavy atom. The zero-order chi connectivity index (χ0) is 19.3. The number of sulfonamides is 1. The standard InChI is InChI=1S/C18H19ClN2O5S/c19-14-5-1-2-7-16(14)27(23,24)21-9-8-17(22)20-12-13-4-3-6-15-18(13)26-11-10-25-15/h1-7,21H,8-12H2,(H,20,22). The predicted molar refractivity (Wildman–Crippen MR) is 101 cm³/mol. The Labute approximate surface area is 162 Å². The van der Waals surface area contributed by atoms with Crippen LogP contribution in [-0.2, 0) is 21.4 Å². The van der Waals surface area contributed by atoms with E-state index in [1.54, 1.807) is 12.1 Å². The maximum atomic E-state index is 12.2. The van der Waals surface area contributed by atoms with E-state index in [1.807, 2.05) is 18.2 Å². The highest BCUT2D eigenvalue weighted by atomic mass is 35.5. The van der Waals surface area contributed by atoms with E-state index in [0.29, 0.717) is 24.7 Å². The molecular formula is C18H19ClN2O5S. The van der Waals surface area contributed by atoms with Crippen molar-refractivity contribution in [3.05, 3.63) is 53.1 Å². The van der Waals surface area contributed by atoms with Gasteiger partial charge in [0.05, 0.1) is 5.02 Å². The molecular weight excluding hydrogens is 392 g/mol.